The maximum absolute atomic E-state index is 13.3. The van der Waals surface area contributed by atoms with E-state index in [0.29, 0.717) is 32.6 Å². The molecule has 0 aliphatic carbocycles. The third kappa shape index (κ3) is 6.14. The molecule has 0 bridgehead atoms. The van der Waals surface area contributed by atoms with E-state index in [-0.39, 0.29) is 22.7 Å². The third-order valence-electron chi connectivity index (χ3n) is 6.10. The molecule has 2 aromatic carbocycles. The van der Waals surface area contributed by atoms with Crippen LogP contribution >= 0.6 is 0 Å². The van der Waals surface area contributed by atoms with Crippen LogP contribution in [0.5, 0.6) is 0 Å². The van der Waals surface area contributed by atoms with Crippen LogP contribution in [-0.2, 0) is 21.2 Å². The van der Waals surface area contributed by atoms with Crippen molar-refractivity contribution < 1.29 is 13.2 Å². The number of sulfonamides is 1. The molecule has 4 rings (SSSR count). The van der Waals surface area contributed by atoms with Crippen LogP contribution < -0.4 is 9.62 Å². The molecule has 10 heteroatoms. The van der Waals surface area contributed by atoms with E-state index in [2.05, 4.69) is 31.7 Å². The monoisotopic (exact) mass is 494 g/mol. The first-order chi connectivity index (χ1) is 16.8. The first kappa shape index (κ1) is 24.6. The van der Waals surface area contributed by atoms with Gasteiger partial charge in [-0.1, -0.05) is 30.3 Å². The molecule has 0 saturated carbocycles. The summed E-state index contributed by atoms with van der Waals surface area (Å²) in [6, 6.07) is 18.1. The Hall–Kier alpha value is -3.50. The summed E-state index contributed by atoms with van der Waals surface area (Å²) >= 11 is 0. The molecular weight excluding hydrogens is 464 g/mol. The zero-order valence-electron chi connectivity index (χ0n) is 19.9. The molecule has 1 amide bonds. The minimum Gasteiger partial charge on any atom is -0.368 e. The SMILES string of the molecule is CN(C)[C@H](Cc1ccccc1)C(=O)N1CCN(c2ccc(S(=O)(=O)Nc3ccncn3)cc2)CC1. The average molecular weight is 495 g/mol. The maximum Gasteiger partial charge on any atom is 0.263 e. The van der Waals surface area contributed by atoms with Crippen LogP contribution in [0.15, 0.2) is 78.1 Å². The van der Waals surface area contributed by atoms with Crippen LogP contribution in [0.2, 0.25) is 0 Å². The Labute approximate surface area is 206 Å². The van der Waals surface area contributed by atoms with Gasteiger partial charge in [0, 0.05) is 38.1 Å². The molecule has 35 heavy (non-hydrogen) atoms. The zero-order valence-corrected chi connectivity index (χ0v) is 20.7. The molecule has 0 spiro atoms. The van der Waals surface area contributed by atoms with Gasteiger partial charge in [-0.15, -0.1) is 0 Å². The quantitative estimate of drug-likeness (QED) is 0.512. The van der Waals surface area contributed by atoms with Crippen molar-refractivity contribution >= 4 is 27.4 Å². The molecule has 1 aliphatic heterocycles. The summed E-state index contributed by atoms with van der Waals surface area (Å²) < 4.78 is 27.7. The zero-order chi connectivity index (χ0) is 24.8. The number of amides is 1. The fraction of sp³-hybridized carbons (Fsp3) is 0.320. The Balaban J connectivity index is 1.36. The minimum absolute atomic E-state index is 0.135. The Bertz CT molecular complexity index is 1210. The van der Waals surface area contributed by atoms with Gasteiger partial charge >= 0.3 is 0 Å². The van der Waals surface area contributed by atoms with Gasteiger partial charge in [0.15, 0.2) is 0 Å². The van der Waals surface area contributed by atoms with E-state index >= 15 is 0 Å². The van der Waals surface area contributed by atoms with E-state index in [1.54, 1.807) is 24.3 Å². The van der Waals surface area contributed by atoms with E-state index in [1.165, 1.54) is 18.6 Å². The van der Waals surface area contributed by atoms with Gasteiger partial charge in [-0.25, -0.2) is 18.4 Å². The summed E-state index contributed by atoms with van der Waals surface area (Å²) in [7, 11) is 0.142. The van der Waals surface area contributed by atoms with Gasteiger partial charge in [0.25, 0.3) is 10.0 Å². The molecule has 1 saturated heterocycles. The largest absolute Gasteiger partial charge is 0.368 e. The van der Waals surface area contributed by atoms with Crippen LogP contribution in [-0.4, -0.2) is 80.4 Å². The number of hydrogen-bond donors (Lipinski definition) is 1. The topological polar surface area (TPSA) is 98.7 Å². The number of carbonyl (C=O) groups excluding carboxylic acids is 1. The number of nitrogens with one attached hydrogen (secondary N) is 1. The number of hydrogen-bond acceptors (Lipinski definition) is 7. The van der Waals surface area contributed by atoms with Crippen LogP contribution in [0.25, 0.3) is 0 Å². The van der Waals surface area contributed by atoms with E-state index in [1.807, 2.05) is 42.1 Å². The number of benzene rings is 2. The summed E-state index contributed by atoms with van der Waals surface area (Å²) in [5, 5.41) is 0. The van der Waals surface area contributed by atoms with Gasteiger partial charge in [-0.05, 0) is 56.4 Å². The highest BCUT2D eigenvalue weighted by atomic mass is 32.2. The number of anilines is 2. The van der Waals surface area contributed by atoms with E-state index < -0.39 is 10.0 Å². The molecule has 1 atom stereocenters. The molecule has 1 N–H and O–H groups in total. The van der Waals surface area contributed by atoms with Gasteiger partial charge in [0.05, 0.1) is 10.9 Å². The second-order valence-electron chi connectivity index (χ2n) is 8.68. The summed E-state index contributed by atoms with van der Waals surface area (Å²) in [5.41, 5.74) is 2.06. The van der Waals surface area contributed by atoms with Crippen molar-refractivity contribution in [3.8, 4) is 0 Å². The molecule has 9 nitrogen and oxygen atoms in total. The maximum atomic E-state index is 13.3. The van der Waals surface area contributed by atoms with E-state index in [9.17, 15) is 13.2 Å². The lowest BCUT2D eigenvalue weighted by atomic mass is 10.0. The predicted octanol–water partition coefficient (Wildman–Crippen LogP) is 2.10. The highest BCUT2D eigenvalue weighted by molar-refractivity contribution is 7.92. The van der Waals surface area contributed by atoms with E-state index in [4.69, 9.17) is 0 Å². The summed E-state index contributed by atoms with van der Waals surface area (Å²) in [6.45, 7) is 2.60. The van der Waals surface area contributed by atoms with Crippen molar-refractivity contribution in [2.24, 2.45) is 0 Å². The summed E-state index contributed by atoms with van der Waals surface area (Å²) in [6.07, 6.45) is 3.43. The number of piperazine rings is 1. The Morgan fingerprint density at radius 3 is 2.29 bits per heavy atom. The van der Waals surface area contributed by atoms with Gasteiger partial charge in [-0.3, -0.25) is 14.4 Å². The lowest BCUT2D eigenvalue weighted by Crippen LogP contribution is -2.54. The van der Waals surface area contributed by atoms with Crippen molar-refractivity contribution in [3.05, 3.63) is 78.8 Å². The molecule has 0 unspecified atom stereocenters. The number of likely N-dealkylation sites (N-methyl/N-ethyl adjacent to an activating group) is 1. The van der Waals surface area contributed by atoms with Crippen molar-refractivity contribution in [2.75, 3.05) is 49.9 Å². The lowest BCUT2D eigenvalue weighted by molar-refractivity contribution is -0.136. The first-order valence-electron chi connectivity index (χ1n) is 11.5. The first-order valence-corrected chi connectivity index (χ1v) is 12.9. The second kappa shape index (κ2) is 10.8. The molecule has 1 fully saturated rings. The minimum atomic E-state index is -3.74. The van der Waals surface area contributed by atoms with Crippen molar-refractivity contribution in [1.29, 1.82) is 0 Å². The standard InChI is InChI=1S/C25H30N6O3S/c1-29(2)23(18-20-6-4-3-5-7-20)25(32)31-16-14-30(15-17-31)21-8-10-22(11-9-21)35(33,34)28-24-12-13-26-19-27-24/h3-13,19,23H,14-18H2,1-2H3,(H,26,27,28)/t23-/m1/s1. The van der Waals surface area contributed by atoms with Crippen LogP contribution in [0.1, 0.15) is 5.56 Å². The average Bonchev–Trinajstić information content (AvgIpc) is 2.88. The fourth-order valence-electron chi connectivity index (χ4n) is 4.11. The molecular formula is C25H30N6O3S. The molecule has 2 heterocycles. The number of carbonyl (C=O) groups is 1. The van der Waals surface area contributed by atoms with Gasteiger partial charge in [0.2, 0.25) is 5.91 Å². The molecule has 0 radical (unpaired) electrons. The Morgan fingerprint density at radius 1 is 1.00 bits per heavy atom. The second-order valence-corrected chi connectivity index (χ2v) is 10.4. The van der Waals surface area contributed by atoms with E-state index in [0.717, 1.165) is 11.3 Å². The van der Waals surface area contributed by atoms with Crippen molar-refractivity contribution in [3.63, 3.8) is 0 Å². The molecule has 1 aromatic heterocycles. The van der Waals surface area contributed by atoms with Gasteiger partial charge in [-0.2, -0.15) is 0 Å². The molecule has 3 aromatic rings. The highest BCUT2D eigenvalue weighted by Gasteiger charge is 2.29. The van der Waals surface area contributed by atoms with Gasteiger partial charge < -0.3 is 9.80 Å². The third-order valence-corrected chi connectivity index (χ3v) is 7.48. The number of rotatable bonds is 8. The van der Waals surface area contributed by atoms with Crippen molar-refractivity contribution in [2.45, 2.75) is 17.4 Å². The fourth-order valence-corrected chi connectivity index (χ4v) is 5.12. The van der Waals surface area contributed by atoms with Crippen LogP contribution in [0, 0.1) is 0 Å². The van der Waals surface area contributed by atoms with Gasteiger partial charge in [0.1, 0.15) is 12.1 Å². The predicted molar refractivity (Wildman–Crippen MR) is 136 cm³/mol. The molecule has 1 aliphatic rings. The van der Waals surface area contributed by atoms with Crippen LogP contribution in [0.4, 0.5) is 11.5 Å². The Kier molecular flexibility index (Phi) is 7.62. The van der Waals surface area contributed by atoms with Crippen LogP contribution in [0.3, 0.4) is 0 Å². The number of nitrogens with zero attached hydrogens (tertiary/aromatic N) is 5. The Morgan fingerprint density at radius 2 is 1.69 bits per heavy atom. The molecule has 184 valence electrons. The number of aromatic nitrogens is 2. The summed E-state index contributed by atoms with van der Waals surface area (Å²) in [5.74, 6) is 0.351. The highest BCUT2D eigenvalue weighted by Crippen LogP contribution is 2.21. The normalized spacial score (nSPS) is 15.2. The van der Waals surface area contributed by atoms with Crippen molar-refractivity contribution in [1.82, 2.24) is 19.8 Å². The lowest BCUT2D eigenvalue weighted by Gasteiger charge is -2.38. The summed E-state index contributed by atoms with van der Waals surface area (Å²) in [4.78, 5) is 27.2. The smallest absolute Gasteiger partial charge is 0.263 e.